The fourth-order valence-corrected chi connectivity index (χ4v) is 3.85. The highest BCUT2D eigenvalue weighted by Gasteiger charge is 2.20. The van der Waals surface area contributed by atoms with Crippen LogP contribution in [-0.4, -0.2) is 28.2 Å². The maximum atomic E-state index is 4.03. The molecule has 0 amide bonds. The van der Waals surface area contributed by atoms with Crippen molar-refractivity contribution in [2.24, 2.45) is 0 Å². The van der Waals surface area contributed by atoms with Crippen molar-refractivity contribution >= 4 is 0 Å². The number of piperidine rings is 1. The number of likely N-dealkylation sites (tertiary alicyclic amines) is 1. The first-order valence-electron chi connectivity index (χ1n) is 9.15. The van der Waals surface area contributed by atoms with Crippen molar-refractivity contribution in [2.75, 3.05) is 13.1 Å². The Hall–Kier alpha value is -2.39. The third kappa shape index (κ3) is 3.83. The average Bonchev–Trinajstić information content (AvgIpc) is 3.17. The normalized spacial score (nSPS) is 16.2. The SMILES string of the molecule is Cc1cccc(CN2CCC(c3ccc(-c4cn[nH]c4)cc3)CC2)c1. The lowest BCUT2D eigenvalue weighted by molar-refractivity contribution is 0.204. The zero-order chi connectivity index (χ0) is 17.1. The molecule has 0 radical (unpaired) electrons. The number of aryl methyl sites for hydroxylation is 1. The summed E-state index contributed by atoms with van der Waals surface area (Å²) in [6, 6.07) is 17.9. The molecule has 0 aliphatic carbocycles. The van der Waals surface area contributed by atoms with Crippen molar-refractivity contribution in [3.05, 3.63) is 77.6 Å². The van der Waals surface area contributed by atoms with Crippen molar-refractivity contribution < 1.29 is 0 Å². The third-order valence-corrected chi connectivity index (χ3v) is 5.29. The molecule has 2 heterocycles. The highest BCUT2D eigenvalue weighted by molar-refractivity contribution is 5.61. The standard InChI is InChI=1S/C22H25N3/c1-17-3-2-4-18(13-17)16-25-11-9-21(10-12-25)19-5-7-20(8-6-19)22-14-23-24-15-22/h2-8,13-15,21H,9-12,16H2,1H3,(H,23,24). The van der Waals surface area contributed by atoms with Gasteiger partial charge in [-0.1, -0.05) is 54.1 Å². The molecule has 4 rings (SSSR count). The molecule has 1 aliphatic heterocycles. The second kappa shape index (κ2) is 7.24. The first-order chi connectivity index (χ1) is 12.3. The Morgan fingerprint density at radius 2 is 1.84 bits per heavy atom. The van der Waals surface area contributed by atoms with Gasteiger partial charge in [-0.25, -0.2) is 0 Å². The molecule has 0 bridgehead atoms. The highest BCUT2D eigenvalue weighted by atomic mass is 15.1. The maximum Gasteiger partial charge on any atom is 0.0565 e. The van der Waals surface area contributed by atoms with E-state index in [0.29, 0.717) is 5.92 Å². The summed E-state index contributed by atoms with van der Waals surface area (Å²) in [6.45, 7) is 5.61. The largest absolute Gasteiger partial charge is 0.299 e. The van der Waals surface area contributed by atoms with Crippen LogP contribution in [0.25, 0.3) is 11.1 Å². The van der Waals surface area contributed by atoms with Gasteiger partial charge in [0, 0.05) is 18.3 Å². The summed E-state index contributed by atoms with van der Waals surface area (Å²) < 4.78 is 0. The van der Waals surface area contributed by atoms with Crippen LogP contribution in [-0.2, 0) is 6.54 Å². The van der Waals surface area contributed by atoms with E-state index < -0.39 is 0 Å². The number of aromatic amines is 1. The van der Waals surface area contributed by atoms with Gasteiger partial charge < -0.3 is 0 Å². The summed E-state index contributed by atoms with van der Waals surface area (Å²) in [6.07, 6.45) is 6.31. The van der Waals surface area contributed by atoms with E-state index in [1.54, 1.807) is 0 Å². The van der Waals surface area contributed by atoms with Crippen LogP contribution < -0.4 is 0 Å². The Morgan fingerprint density at radius 1 is 1.04 bits per heavy atom. The molecule has 2 aromatic carbocycles. The quantitative estimate of drug-likeness (QED) is 0.747. The molecule has 0 unspecified atom stereocenters. The van der Waals surface area contributed by atoms with Gasteiger partial charge in [0.25, 0.3) is 0 Å². The summed E-state index contributed by atoms with van der Waals surface area (Å²) in [5.41, 5.74) is 6.64. The number of rotatable bonds is 4. The van der Waals surface area contributed by atoms with Gasteiger partial charge in [0.15, 0.2) is 0 Å². The summed E-state index contributed by atoms with van der Waals surface area (Å²) in [4.78, 5) is 2.59. The summed E-state index contributed by atoms with van der Waals surface area (Å²) in [5, 5.41) is 6.91. The second-order valence-corrected chi connectivity index (χ2v) is 7.15. The average molecular weight is 331 g/mol. The molecule has 3 nitrogen and oxygen atoms in total. The monoisotopic (exact) mass is 331 g/mol. The van der Waals surface area contributed by atoms with Crippen LogP contribution in [0.3, 0.4) is 0 Å². The maximum absolute atomic E-state index is 4.03. The number of nitrogens with one attached hydrogen (secondary N) is 1. The molecule has 3 heteroatoms. The van der Waals surface area contributed by atoms with E-state index in [-0.39, 0.29) is 0 Å². The molecule has 3 aromatic rings. The van der Waals surface area contributed by atoms with Crippen LogP contribution in [0.2, 0.25) is 0 Å². The fourth-order valence-electron chi connectivity index (χ4n) is 3.85. The van der Waals surface area contributed by atoms with Crippen molar-refractivity contribution in [1.29, 1.82) is 0 Å². The van der Waals surface area contributed by atoms with E-state index in [2.05, 4.69) is 70.6 Å². The molecule has 0 saturated carbocycles. The van der Waals surface area contributed by atoms with Gasteiger partial charge in [-0.15, -0.1) is 0 Å². The summed E-state index contributed by atoms with van der Waals surface area (Å²) in [5.74, 6) is 0.687. The summed E-state index contributed by atoms with van der Waals surface area (Å²) >= 11 is 0. The number of aromatic nitrogens is 2. The van der Waals surface area contributed by atoms with E-state index >= 15 is 0 Å². The Bertz CT molecular complexity index is 798. The molecule has 25 heavy (non-hydrogen) atoms. The van der Waals surface area contributed by atoms with E-state index in [4.69, 9.17) is 0 Å². The Labute approximate surface area is 149 Å². The molecule has 1 aromatic heterocycles. The van der Waals surface area contributed by atoms with E-state index in [1.807, 2.05) is 12.4 Å². The molecule has 1 fully saturated rings. The topological polar surface area (TPSA) is 31.9 Å². The third-order valence-electron chi connectivity index (χ3n) is 5.29. The number of benzene rings is 2. The predicted octanol–water partition coefficient (Wildman–Crippen LogP) is 4.76. The van der Waals surface area contributed by atoms with Gasteiger partial charge in [0.05, 0.1) is 6.20 Å². The van der Waals surface area contributed by atoms with E-state index in [9.17, 15) is 0 Å². The Morgan fingerprint density at radius 3 is 2.52 bits per heavy atom. The first-order valence-corrected chi connectivity index (χ1v) is 9.15. The van der Waals surface area contributed by atoms with Crippen molar-refractivity contribution in [3.63, 3.8) is 0 Å². The minimum atomic E-state index is 0.687. The number of nitrogens with zero attached hydrogens (tertiary/aromatic N) is 2. The van der Waals surface area contributed by atoms with Crippen LogP contribution in [0.1, 0.15) is 35.4 Å². The summed E-state index contributed by atoms with van der Waals surface area (Å²) in [7, 11) is 0. The molecule has 1 N–H and O–H groups in total. The van der Waals surface area contributed by atoms with Crippen LogP contribution in [0, 0.1) is 6.92 Å². The Kier molecular flexibility index (Phi) is 4.66. The molecule has 0 atom stereocenters. The van der Waals surface area contributed by atoms with Crippen LogP contribution in [0.4, 0.5) is 0 Å². The molecule has 128 valence electrons. The lowest BCUT2D eigenvalue weighted by Crippen LogP contribution is -2.32. The molecular weight excluding hydrogens is 306 g/mol. The van der Waals surface area contributed by atoms with Gasteiger partial charge in [0.2, 0.25) is 0 Å². The van der Waals surface area contributed by atoms with E-state index in [1.165, 1.54) is 48.2 Å². The molecule has 1 aliphatic rings. The number of hydrogen-bond donors (Lipinski definition) is 1. The molecule has 0 spiro atoms. The fraction of sp³-hybridized carbons (Fsp3) is 0.318. The second-order valence-electron chi connectivity index (χ2n) is 7.15. The minimum Gasteiger partial charge on any atom is -0.299 e. The van der Waals surface area contributed by atoms with Gasteiger partial charge in [-0.2, -0.15) is 5.10 Å². The minimum absolute atomic E-state index is 0.687. The predicted molar refractivity (Wildman–Crippen MR) is 102 cm³/mol. The van der Waals surface area contributed by atoms with Crippen LogP contribution >= 0.6 is 0 Å². The van der Waals surface area contributed by atoms with Gasteiger partial charge in [-0.05, 0) is 55.5 Å². The van der Waals surface area contributed by atoms with Crippen molar-refractivity contribution in [2.45, 2.75) is 32.2 Å². The molecule has 1 saturated heterocycles. The van der Waals surface area contributed by atoms with Crippen LogP contribution in [0.15, 0.2) is 60.9 Å². The zero-order valence-corrected chi connectivity index (χ0v) is 14.8. The number of H-pyrrole nitrogens is 1. The van der Waals surface area contributed by atoms with Crippen molar-refractivity contribution in [3.8, 4) is 11.1 Å². The first kappa shape index (κ1) is 16.1. The van der Waals surface area contributed by atoms with E-state index in [0.717, 1.165) is 12.1 Å². The Balaban J connectivity index is 1.35. The van der Waals surface area contributed by atoms with Gasteiger partial charge in [-0.3, -0.25) is 10.00 Å². The smallest absolute Gasteiger partial charge is 0.0565 e. The lowest BCUT2D eigenvalue weighted by Gasteiger charge is -2.32. The van der Waals surface area contributed by atoms with Crippen LogP contribution in [0.5, 0.6) is 0 Å². The van der Waals surface area contributed by atoms with Gasteiger partial charge in [0.1, 0.15) is 0 Å². The zero-order valence-electron chi connectivity index (χ0n) is 14.8. The highest BCUT2D eigenvalue weighted by Crippen LogP contribution is 2.30. The lowest BCUT2D eigenvalue weighted by atomic mass is 9.88. The molecular formula is C22H25N3. The van der Waals surface area contributed by atoms with Gasteiger partial charge >= 0.3 is 0 Å². The van der Waals surface area contributed by atoms with Crippen molar-refractivity contribution in [1.82, 2.24) is 15.1 Å². The number of hydrogen-bond acceptors (Lipinski definition) is 2.